The van der Waals surface area contributed by atoms with Gasteiger partial charge in [-0.25, -0.2) is 9.59 Å². The molecule has 8 heteroatoms. The molecule has 0 aromatic heterocycles. The molecule has 0 heterocycles. The van der Waals surface area contributed by atoms with E-state index in [2.05, 4.69) is 86.6 Å². The van der Waals surface area contributed by atoms with E-state index < -0.39 is 0 Å². The topological polar surface area (TPSA) is 89.5 Å². The zero-order chi connectivity index (χ0) is 55.9. The number of hydrogen-bond donors (Lipinski definition) is 0. The van der Waals surface area contributed by atoms with Crippen molar-refractivity contribution in [3.05, 3.63) is 168 Å². The van der Waals surface area contributed by atoms with Gasteiger partial charge in [0.1, 0.15) is 11.5 Å². The van der Waals surface area contributed by atoms with Crippen molar-refractivity contribution >= 4 is 11.9 Å². The van der Waals surface area contributed by atoms with Crippen molar-refractivity contribution in [1.82, 2.24) is 0 Å². The van der Waals surface area contributed by atoms with E-state index in [0.717, 1.165) is 150 Å². The average molecular weight is 1090 g/mol. The van der Waals surface area contributed by atoms with E-state index in [9.17, 15) is 9.59 Å². The molecule has 0 spiro atoms. The molecule has 0 amide bonds. The third-order valence-corrected chi connectivity index (χ3v) is 14.8. The van der Waals surface area contributed by atoms with Crippen LogP contribution in [-0.4, -0.2) is 51.6 Å². The molecule has 8 nitrogen and oxygen atoms in total. The third kappa shape index (κ3) is 25.1. The molecule has 0 aliphatic heterocycles. The van der Waals surface area contributed by atoms with Gasteiger partial charge in [0.15, 0.2) is 0 Å². The summed E-state index contributed by atoms with van der Waals surface area (Å²) < 4.78 is 35.0. The predicted molar refractivity (Wildman–Crippen MR) is 329 cm³/mol. The van der Waals surface area contributed by atoms with Gasteiger partial charge in [0.05, 0.1) is 50.8 Å². The SMILES string of the molecule is CCCCCCCCOc1ccc(-c2ccc(C(=O)OCCCCCCCCOCc3ccc(-c4ccc(COCCCCCCCCOC(=O)c5ccc(-c6ccc(OCCCCCCCC)cc6)cc5)cc4)cc3)cc2)cc1. The average Bonchev–Trinajstić information content (AvgIpc) is 3.51. The Morgan fingerprint density at radius 2 is 0.525 bits per heavy atom. The van der Waals surface area contributed by atoms with Crippen LogP contribution in [0.1, 0.15) is 200 Å². The number of hydrogen-bond acceptors (Lipinski definition) is 8. The third-order valence-electron chi connectivity index (χ3n) is 14.8. The lowest BCUT2D eigenvalue weighted by molar-refractivity contribution is 0.0488. The predicted octanol–water partition coefficient (Wildman–Crippen LogP) is 19.6. The number of esters is 2. The summed E-state index contributed by atoms with van der Waals surface area (Å²) in [5, 5.41) is 0. The first kappa shape index (κ1) is 63.0. The van der Waals surface area contributed by atoms with Crippen LogP contribution >= 0.6 is 0 Å². The van der Waals surface area contributed by atoms with Crippen LogP contribution in [0.3, 0.4) is 0 Å². The van der Waals surface area contributed by atoms with Gasteiger partial charge in [-0.3, -0.25) is 0 Å². The molecule has 80 heavy (non-hydrogen) atoms. The van der Waals surface area contributed by atoms with Gasteiger partial charge in [-0.15, -0.1) is 0 Å². The van der Waals surface area contributed by atoms with Gasteiger partial charge in [0, 0.05) is 13.2 Å². The van der Waals surface area contributed by atoms with Crippen LogP contribution in [0, 0.1) is 0 Å². The molecule has 0 aliphatic rings. The van der Waals surface area contributed by atoms with Crippen molar-refractivity contribution in [3.63, 3.8) is 0 Å². The van der Waals surface area contributed by atoms with Gasteiger partial charge in [-0.1, -0.05) is 226 Å². The Morgan fingerprint density at radius 1 is 0.275 bits per heavy atom. The summed E-state index contributed by atoms with van der Waals surface area (Å²) in [6, 6.07) is 49.0. The lowest BCUT2D eigenvalue weighted by Gasteiger charge is -2.09. The zero-order valence-corrected chi connectivity index (χ0v) is 48.7. The summed E-state index contributed by atoms with van der Waals surface area (Å²) >= 11 is 0. The molecule has 6 aromatic rings. The van der Waals surface area contributed by atoms with Crippen LogP contribution in [-0.2, 0) is 32.2 Å². The van der Waals surface area contributed by atoms with Gasteiger partial charge >= 0.3 is 11.9 Å². The van der Waals surface area contributed by atoms with Crippen LogP contribution in [0.15, 0.2) is 146 Å². The Labute approximate surface area is 481 Å². The highest BCUT2D eigenvalue weighted by Crippen LogP contribution is 2.26. The van der Waals surface area contributed by atoms with E-state index in [1.54, 1.807) is 0 Å². The highest BCUT2D eigenvalue weighted by atomic mass is 16.5. The minimum atomic E-state index is -0.263. The zero-order valence-electron chi connectivity index (χ0n) is 48.7. The highest BCUT2D eigenvalue weighted by Gasteiger charge is 2.10. The minimum absolute atomic E-state index is 0.263. The Kier molecular flexibility index (Phi) is 30.9. The van der Waals surface area contributed by atoms with Crippen LogP contribution in [0.2, 0.25) is 0 Å². The lowest BCUT2D eigenvalue weighted by Crippen LogP contribution is -2.06. The molecule has 0 N–H and O–H groups in total. The molecule has 0 atom stereocenters. The van der Waals surface area contributed by atoms with Crippen molar-refractivity contribution in [2.24, 2.45) is 0 Å². The monoisotopic (exact) mass is 1090 g/mol. The first-order valence-corrected chi connectivity index (χ1v) is 30.8. The maximum Gasteiger partial charge on any atom is 0.338 e. The number of carbonyl (C=O) groups excluding carboxylic acids is 2. The van der Waals surface area contributed by atoms with Gasteiger partial charge < -0.3 is 28.4 Å². The van der Waals surface area contributed by atoms with Crippen molar-refractivity contribution in [1.29, 1.82) is 0 Å². The van der Waals surface area contributed by atoms with Gasteiger partial charge in [0.2, 0.25) is 0 Å². The summed E-state index contributed by atoms with van der Waals surface area (Å²) in [6.45, 7) is 9.65. The maximum absolute atomic E-state index is 12.7. The molecule has 430 valence electrons. The van der Waals surface area contributed by atoms with Crippen LogP contribution < -0.4 is 9.47 Å². The molecule has 6 aromatic carbocycles. The van der Waals surface area contributed by atoms with E-state index in [1.807, 2.05) is 72.8 Å². The highest BCUT2D eigenvalue weighted by molar-refractivity contribution is 5.90. The normalized spacial score (nSPS) is 11.2. The maximum atomic E-state index is 12.7. The van der Waals surface area contributed by atoms with Crippen LogP contribution in [0.4, 0.5) is 0 Å². The fourth-order valence-corrected chi connectivity index (χ4v) is 9.72. The Morgan fingerprint density at radius 3 is 0.838 bits per heavy atom. The number of ether oxygens (including phenoxy) is 6. The minimum Gasteiger partial charge on any atom is -0.494 e. The second-order valence-corrected chi connectivity index (χ2v) is 21.4. The summed E-state index contributed by atoms with van der Waals surface area (Å²) in [5.41, 5.74) is 10.2. The lowest BCUT2D eigenvalue weighted by atomic mass is 10.0. The van der Waals surface area contributed by atoms with E-state index in [1.165, 1.54) is 86.5 Å². The second-order valence-electron chi connectivity index (χ2n) is 21.4. The van der Waals surface area contributed by atoms with Gasteiger partial charge in [-0.05, 0) is 132 Å². The Balaban J connectivity index is 0.704. The summed E-state index contributed by atoms with van der Waals surface area (Å²) in [7, 11) is 0. The largest absolute Gasteiger partial charge is 0.494 e. The fraction of sp³-hybridized carbons (Fsp3) is 0.472. The van der Waals surface area contributed by atoms with Crippen LogP contribution in [0.5, 0.6) is 11.5 Å². The Bertz CT molecular complexity index is 2350. The molecule has 0 aliphatic carbocycles. The molecule has 0 fully saturated rings. The first-order chi connectivity index (χ1) is 39.5. The Hall–Kier alpha value is -6.22. The molecule has 0 saturated heterocycles. The van der Waals surface area contributed by atoms with Crippen molar-refractivity contribution in [3.8, 4) is 44.9 Å². The molecule has 6 rings (SSSR count). The van der Waals surface area contributed by atoms with E-state index in [-0.39, 0.29) is 11.9 Å². The standard InChI is InChI=1S/C72H94O8/c1-3-5-7-9-17-23-53-77-69-47-43-65(44-48-69)63-35-39-67(40-36-63)71(73)79-55-25-19-13-11-15-21-51-75-57-59-27-31-61(32-28-59)62-33-29-60(30-34-62)58-76-52-22-16-12-14-20-26-56-80-72(74)68-41-37-64(38-42-68)66-45-49-70(50-46-66)78-54-24-18-10-8-6-4-2/h27-50H,3-26,51-58H2,1-2H3. The number of carbonyl (C=O) groups is 2. The summed E-state index contributed by atoms with van der Waals surface area (Å²) in [6.07, 6.45) is 27.8. The smallest absolute Gasteiger partial charge is 0.338 e. The second kappa shape index (κ2) is 39.2. The summed E-state index contributed by atoms with van der Waals surface area (Å²) in [4.78, 5) is 25.3. The van der Waals surface area contributed by atoms with Crippen molar-refractivity contribution in [2.45, 2.75) is 181 Å². The van der Waals surface area contributed by atoms with E-state index >= 15 is 0 Å². The number of benzene rings is 6. The molecule has 0 radical (unpaired) electrons. The first-order valence-electron chi connectivity index (χ1n) is 30.8. The van der Waals surface area contributed by atoms with E-state index in [0.29, 0.717) is 37.6 Å². The quantitative estimate of drug-likeness (QED) is 0.0276. The summed E-state index contributed by atoms with van der Waals surface area (Å²) in [5.74, 6) is 1.27. The van der Waals surface area contributed by atoms with Crippen molar-refractivity contribution < 1.29 is 38.0 Å². The number of unbranched alkanes of at least 4 members (excludes halogenated alkanes) is 20. The van der Waals surface area contributed by atoms with E-state index in [4.69, 9.17) is 28.4 Å². The molecular weight excluding hydrogens is 993 g/mol. The number of rotatable bonds is 43. The van der Waals surface area contributed by atoms with Crippen LogP contribution in [0.25, 0.3) is 33.4 Å². The molecule has 0 bridgehead atoms. The molecule has 0 saturated carbocycles. The molecular formula is C72H94O8. The van der Waals surface area contributed by atoms with Gasteiger partial charge in [0.25, 0.3) is 0 Å². The van der Waals surface area contributed by atoms with Crippen molar-refractivity contribution in [2.75, 3.05) is 39.6 Å². The van der Waals surface area contributed by atoms with Gasteiger partial charge in [-0.2, -0.15) is 0 Å². The fourth-order valence-electron chi connectivity index (χ4n) is 9.72. The molecule has 0 unspecified atom stereocenters.